The highest BCUT2D eigenvalue weighted by molar-refractivity contribution is 7.22. The fourth-order valence-electron chi connectivity index (χ4n) is 3.58. The number of amides is 1. The molecule has 0 aliphatic carbocycles. The van der Waals surface area contributed by atoms with E-state index < -0.39 is 0 Å². The van der Waals surface area contributed by atoms with Gasteiger partial charge in [-0.05, 0) is 60.0 Å². The topological polar surface area (TPSA) is 81.7 Å². The Kier molecular flexibility index (Phi) is 5.99. The van der Waals surface area contributed by atoms with Gasteiger partial charge in [0.05, 0.1) is 17.3 Å². The number of aromatic nitrogens is 1. The number of rotatable bonds is 8. The maximum Gasteiger partial charge on any atom is 0.251 e. The van der Waals surface area contributed by atoms with E-state index in [1.165, 1.54) is 11.3 Å². The number of hydrogen-bond donors (Lipinski definition) is 2. The van der Waals surface area contributed by atoms with E-state index in [1.807, 2.05) is 60.7 Å². The lowest BCUT2D eigenvalue weighted by molar-refractivity contribution is 0.0954. The van der Waals surface area contributed by atoms with Crippen molar-refractivity contribution in [2.75, 3.05) is 25.8 Å². The molecule has 0 saturated carbocycles. The highest BCUT2D eigenvalue weighted by atomic mass is 32.1. The number of methoxy groups -OCH3 is 1. The maximum atomic E-state index is 12.6. The molecule has 2 N–H and O–H groups in total. The van der Waals surface area contributed by atoms with Gasteiger partial charge in [-0.25, -0.2) is 4.98 Å². The van der Waals surface area contributed by atoms with Gasteiger partial charge in [0, 0.05) is 18.7 Å². The van der Waals surface area contributed by atoms with Crippen molar-refractivity contribution in [2.24, 2.45) is 0 Å². The van der Waals surface area contributed by atoms with Gasteiger partial charge in [-0.3, -0.25) is 4.79 Å². The highest BCUT2D eigenvalue weighted by Gasteiger charge is 2.14. The second kappa shape index (κ2) is 9.38. The summed E-state index contributed by atoms with van der Waals surface area (Å²) in [4.78, 5) is 17.2. The first-order chi connectivity index (χ1) is 16.2. The Morgan fingerprint density at radius 2 is 1.85 bits per heavy atom. The van der Waals surface area contributed by atoms with Crippen molar-refractivity contribution in [3.05, 3.63) is 77.4 Å². The van der Waals surface area contributed by atoms with Crippen molar-refractivity contribution in [1.82, 2.24) is 10.3 Å². The third kappa shape index (κ3) is 4.85. The van der Waals surface area contributed by atoms with Crippen LogP contribution in [0.5, 0.6) is 17.2 Å². The maximum absolute atomic E-state index is 12.6. The molecule has 0 unspecified atom stereocenters. The molecule has 0 fully saturated rings. The molecule has 4 aromatic rings. The van der Waals surface area contributed by atoms with Crippen LogP contribution in [0.15, 0.2) is 60.7 Å². The molecule has 168 valence electrons. The van der Waals surface area contributed by atoms with Crippen LogP contribution in [0.25, 0.3) is 10.2 Å². The number of carbonyl (C=O) groups excluding carboxylic acids is 1. The van der Waals surface area contributed by atoms with Crippen LogP contribution in [0.1, 0.15) is 21.5 Å². The summed E-state index contributed by atoms with van der Waals surface area (Å²) in [7, 11) is 1.65. The molecule has 0 spiro atoms. The third-order valence-corrected chi connectivity index (χ3v) is 6.37. The second-order valence-electron chi connectivity index (χ2n) is 7.60. The number of anilines is 1. The largest absolute Gasteiger partial charge is 0.497 e. The van der Waals surface area contributed by atoms with Gasteiger partial charge in [0.25, 0.3) is 5.91 Å². The summed E-state index contributed by atoms with van der Waals surface area (Å²) in [5.74, 6) is 2.27. The standard InChI is InChI=1S/C25H23N3O4S/c1-30-19-6-2-16(3-7-19)10-11-26-24(29)18-5-8-20-23(13-18)33-25(28-20)27-14-17-4-9-21-22(12-17)32-15-31-21/h2-9,12-13H,10-11,14-15H2,1H3,(H,26,29)(H,27,28). The zero-order chi connectivity index (χ0) is 22.6. The summed E-state index contributed by atoms with van der Waals surface area (Å²) in [6.45, 7) is 1.45. The van der Waals surface area contributed by atoms with Gasteiger partial charge in [-0.2, -0.15) is 0 Å². The zero-order valence-corrected chi connectivity index (χ0v) is 18.9. The first-order valence-electron chi connectivity index (χ1n) is 10.6. The molecule has 5 rings (SSSR count). The molecule has 7 nitrogen and oxygen atoms in total. The van der Waals surface area contributed by atoms with Crippen LogP contribution in [0, 0.1) is 0 Å². The van der Waals surface area contributed by atoms with E-state index in [0.29, 0.717) is 18.7 Å². The summed E-state index contributed by atoms with van der Waals surface area (Å²) in [6, 6.07) is 19.3. The number of ether oxygens (including phenoxy) is 3. The Hall–Kier alpha value is -3.78. The van der Waals surface area contributed by atoms with Crippen LogP contribution in [0.2, 0.25) is 0 Å². The molecule has 0 saturated heterocycles. The zero-order valence-electron chi connectivity index (χ0n) is 18.1. The number of fused-ring (bicyclic) bond motifs is 2. The molecule has 1 aliphatic heterocycles. The minimum atomic E-state index is -0.0892. The molecule has 0 bridgehead atoms. The average molecular weight is 462 g/mol. The molecule has 2 heterocycles. The van der Waals surface area contributed by atoms with Gasteiger partial charge in [-0.1, -0.05) is 29.5 Å². The number of benzene rings is 3. The first kappa shape index (κ1) is 21.1. The van der Waals surface area contributed by atoms with E-state index in [9.17, 15) is 4.79 Å². The molecule has 0 atom stereocenters. The number of nitrogens with one attached hydrogen (secondary N) is 2. The van der Waals surface area contributed by atoms with Gasteiger partial charge in [0.15, 0.2) is 16.6 Å². The Bertz CT molecular complexity index is 1290. The Morgan fingerprint density at radius 3 is 2.70 bits per heavy atom. The van der Waals surface area contributed by atoms with Crippen LogP contribution < -0.4 is 24.8 Å². The molecule has 1 aromatic heterocycles. The summed E-state index contributed by atoms with van der Waals surface area (Å²) >= 11 is 1.53. The van der Waals surface area contributed by atoms with Crippen molar-refractivity contribution in [1.29, 1.82) is 0 Å². The van der Waals surface area contributed by atoms with Crippen LogP contribution >= 0.6 is 11.3 Å². The number of thiazole rings is 1. The molecule has 33 heavy (non-hydrogen) atoms. The predicted octanol–water partition coefficient (Wildman–Crippen LogP) is 4.62. The summed E-state index contributed by atoms with van der Waals surface area (Å²) in [5.41, 5.74) is 3.72. The van der Waals surface area contributed by atoms with Gasteiger partial charge in [0.1, 0.15) is 5.75 Å². The van der Waals surface area contributed by atoms with Crippen LogP contribution in [-0.4, -0.2) is 31.3 Å². The summed E-state index contributed by atoms with van der Waals surface area (Å²) in [6.07, 6.45) is 0.756. The van der Waals surface area contributed by atoms with E-state index in [0.717, 1.165) is 50.1 Å². The predicted molar refractivity (Wildman–Crippen MR) is 129 cm³/mol. The van der Waals surface area contributed by atoms with E-state index in [-0.39, 0.29) is 12.7 Å². The van der Waals surface area contributed by atoms with E-state index >= 15 is 0 Å². The number of hydrogen-bond acceptors (Lipinski definition) is 7. The Balaban J connectivity index is 1.18. The van der Waals surface area contributed by atoms with Gasteiger partial charge >= 0.3 is 0 Å². The van der Waals surface area contributed by atoms with E-state index in [2.05, 4.69) is 15.6 Å². The van der Waals surface area contributed by atoms with Crippen LogP contribution in [0.3, 0.4) is 0 Å². The van der Waals surface area contributed by atoms with Crippen molar-refractivity contribution in [2.45, 2.75) is 13.0 Å². The van der Waals surface area contributed by atoms with Crippen molar-refractivity contribution >= 4 is 32.6 Å². The number of nitrogens with zero attached hydrogens (tertiary/aromatic N) is 1. The third-order valence-electron chi connectivity index (χ3n) is 5.39. The van der Waals surface area contributed by atoms with Crippen molar-refractivity contribution in [3.63, 3.8) is 0 Å². The SMILES string of the molecule is COc1ccc(CCNC(=O)c2ccc3nc(NCc4ccc5c(c4)OCO5)sc3c2)cc1. The van der Waals surface area contributed by atoms with Gasteiger partial charge in [-0.15, -0.1) is 0 Å². The quantitative estimate of drug-likeness (QED) is 0.399. The lowest BCUT2D eigenvalue weighted by atomic mass is 10.1. The minimum absolute atomic E-state index is 0.0892. The summed E-state index contributed by atoms with van der Waals surface area (Å²) < 4.78 is 16.9. The molecular weight excluding hydrogens is 438 g/mol. The smallest absolute Gasteiger partial charge is 0.251 e. The molecular formula is C25H23N3O4S. The Morgan fingerprint density at radius 1 is 1.03 bits per heavy atom. The second-order valence-corrected chi connectivity index (χ2v) is 8.63. The van der Waals surface area contributed by atoms with Crippen molar-refractivity contribution in [3.8, 4) is 17.2 Å². The molecule has 3 aromatic carbocycles. The summed E-state index contributed by atoms with van der Waals surface area (Å²) in [5, 5.41) is 7.15. The lowest BCUT2D eigenvalue weighted by Crippen LogP contribution is -2.25. The average Bonchev–Trinajstić information content (AvgIpc) is 3.48. The molecule has 0 radical (unpaired) electrons. The van der Waals surface area contributed by atoms with Crippen LogP contribution in [0.4, 0.5) is 5.13 Å². The monoisotopic (exact) mass is 461 g/mol. The Labute approximate surface area is 195 Å². The number of carbonyl (C=O) groups is 1. The molecule has 1 amide bonds. The fourth-order valence-corrected chi connectivity index (χ4v) is 4.49. The normalized spacial score (nSPS) is 12.0. The molecule has 1 aliphatic rings. The minimum Gasteiger partial charge on any atom is -0.497 e. The van der Waals surface area contributed by atoms with Gasteiger partial charge < -0.3 is 24.8 Å². The first-order valence-corrected chi connectivity index (χ1v) is 11.4. The fraction of sp³-hybridized carbons (Fsp3) is 0.200. The highest BCUT2D eigenvalue weighted by Crippen LogP contribution is 2.33. The van der Waals surface area contributed by atoms with Gasteiger partial charge in [0.2, 0.25) is 6.79 Å². The van der Waals surface area contributed by atoms with E-state index in [1.54, 1.807) is 7.11 Å². The lowest BCUT2D eigenvalue weighted by Gasteiger charge is -2.06. The molecule has 8 heteroatoms. The van der Waals surface area contributed by atoms with E-state index in [4.69, 9.17) is 14.2 Å². The van der Waals surface area contributed by atoms with Crippen molar-refractivity contribution < 1.29 is 19.0 Å². The van der Waals surface area contributed by atoms with Crippen LogP contribution in [-0.2, 0) is 13.0 Å².